The SMILES string of the molecule is C#CC(C)NC(=O)CC(C)(C)CC(=O)O. The maximum absolute atomic E-state index is 11.4. The van der Waals surface area contributed by atoms with E-state index in [2.05, 4.69) is 11.2 Å². The summed E-state index contributed by atoms with van der Waals surface area (Å²) >= 11 is 0. The van der Waals surface area contributed by atoms with Crippen LogP contribution in [0.15, 0.2) is 0 Å². The smallest absolute Gasteiger partial charge is 0.303 e. The van der Waals surface area contributed by atoms with Crippen LogP contribution >= 0.6 is 0 Å². The zero-order chi connectivity index (χ0) is 12.1. The molecular formula is C11H17NO3. The molecule has 4 nitrogen and oxygen atoms in total. The average Bonchev–Trinajstić information content (AvgIpc) is 1.99. The molecule has 0 saturated heterocycles. The zero-order valence-electron chi connectivity index (χ0n) is 9.33. The minimum absolute atomic E-state index is 0.0369. The van der Waals surface area contributed by atoms with Gasteiger partial charge in [0.1, 0.15) is 0 Å². The fraction of sp³-hybridized carbons (Fsp3) is 0.636. The van der Waals surface area contributed by atoms with E-state index in [1.54, 1.807) is 20.8 Å². The molecule has 4 heteroatoms. The van der Waals surface area contributed by atoms with Crippen LogP contribution in [0.3, 0.4) is 0 Å². The van der Waals surface area contributed by atoms with Crippen molar-refractivity contribution in [1.82, 2.24) is 5.32 Å². The zero-order valence-corrected chi connectivity index (χ0v) is 9.33. The summed E-state index contributed by atoms with van der Waals surface area (Å²) in [4.78, 5) is 21.9. The summed E-state index contributed by atoms with van der Waals surface area (Å²) in [5, 5.41) is 11.2. The van der Waals surface area contributed by atoms with Gasteiger partial charge in [-0.3, -0.25) is 9.59 Å². The lowest BCUT2D eigenvalue weighted by molar-refractivity contribution is -0.139. The first-order valence-electron chi connectivity index (χ1n) is 4.74. The Morgan fingerprint density at radius 1 is 1.47 bits per heavy atom. The topological polar surface area (TPSA) is 66.4 Å². The lowest BCUT2D eigenvalue weighted by Crippen LogP contribution is -2.35. The first kappa shape index (κ1) is 13.5. The molecule has 1 unspecified atom stereocenters. The Morgan fingerprint density at radius 2 is 2.00 bits per heavy atom. The molecule has 0 spiro atoms. The second-order valence-corrected chi connectivity index (χ2v) is 4.37. The van der Waals surface area contributed by atoms with E-state index in [1.807, 2.05) is 0 Å². The second-order valence-electron chi connectivity index (χ2n) is 4.37. The van der Waals surface area contributed by atoms with E-state index in [0.29, 0.717) is 0 Å². The maximum atomic E-state index is 11.4. The van der Waals surface area contributed by atoms with Crippen molar-refractivity contribution >= 4 is 11.9 Å². The van der Waals surface area contributed by atoms with Crippen molar-refractivity contribution in [2.24, 2.45) is 5.41 Å². The number of aliphatic carboxylic acids is 1. The summed E-state index contributed by atoms with van der Waals surface area (Å²) in [7, 11) is 0. The Morgan fingerprint density at radius 3 is 2.40 bits per heavy atom. The summed E-state index contributed by atoms with van der Waals surface area (Å²) < 4.78 is 0. The largest absolute Gasteiger partial charge is 0.481 e. The molecule has 0 aromatic heterocycles. The van der Waals surface area contributed by atoms with Crippen molar-refractivity contribution in [2.45, 2.75) is 39.7 Å². The van der Waals surface area contributed by atoms with Crippen LogP contribution in [0.5, 0.6) is 0 Å². The number of carboxylic acids is 1. The van der Waals surface area contributed by atoms with Crippen molar-refractivity contribution in [3.8, 4) is 12.3 Å². The van der Waals surface area contributed by atoms with Crippen LogP contribution in [0.25, 0.3) is 0 Å². The van der Waals surface area contributed by atoms with E-state index in [9.17, 15) is 9.59 Å². The van der Waals surface area contributed by atoms with Gasteiger partial charge in [-0.1, -0.05) is 19.8 Å². The number of hydrogen-bond acceptors (Lipinski definition) is 2. The van der Waals surface area contributed by atoms with E-state index in [-0.39, 0.29) is 24.8 Å². The Kier molecular flexibility index (Phi) is 4.86. The highest BCUT2D eigenvalue weighted by molar-refractivity contribution is 5.78. The molecule has 0 bridgehead atoms. The van der Waals surface area contributed by atoms with Crippen LogP contribution in [0.2, 0.25) is 0 Å². The second kappa shape index (κ2) is 5.40. The van der Waals surface area contributed by atoms with Gasteiger partial charge in [0.2, 0.25) is 5.91 Å². The van der Waals surface area contributed by atoms with Gasteiger partial charge in [0, 0.05) is 6.42 Å². The third-order valence-corrected chi connectivity index (χ3v) is 1.90. The fourth-order valence-corrected chi connectivity index (χ4v) is 1.24. The van der Waals surface area contributed by atoms with Gasteiger partial charge in [-0.05, 0) is 12.3 Å². The maximum Gasteiger partial charge on any atom is 0.303 e. The predicted molar refractivity (Wildman–Crippen MR) is 57.1 cm³/mol. The summed E-state index contributed by atoms with van der Waals surface area (Å²) in [5.41, 5.74) is -0.551. The highest BCUT2D eigenvalue weighted by atomic mass is 16.4. The number of carbonyl (C=O) groups excluding carboxylic acids is 1. The molecule has 0 aliphatic heterocycles. The van der Waals surface area contributed by atoms with E-state index in [4.69, 9.17) is 11.5 Å². The van der Waals surface area contributed by atoms with Crippen molar-refractivity contribution in [3.63, 3.8) is 0 Å². The average molecular weight is 211 g/mol. The highest BCUT2D eigenvalue weighted by Crippen LogP contribution is 2.24. The van der Waals surface area contributed by atoms with Gasteiger partial charge in [0.25, 0.3) is 0 Å². The Bertz CT molecular complexity index is 289. The van der Waals surface area contributed by atoms with Crippen LogP contribution in [0, 0.1) is 17.8 Å². The predicted octanol–water partition coefficient (Wildman–Crippen LogP) is 1.02. The minimum atomic E-state index is -0.905. The number of carbonyl (C=O) groups is 2. The van der Waals surface area contributed by atoms with Crippen LogP contribution in [-0.2, 0) is 9.59 Å². The lowest BCUT2D eigenvalue weighted by Gasteiger charge is -2.22. The van der Waals surface area contributed by atoms with Crippen LogP contribution in [-0.4, -0.2) is 23.0 Å². The van der Waals surface area contributed by atoms with Gasteiger partial charge in [0.05, 0.1) is 12.5 Å². The normalized spacial score (nSPS) is 12.7. The van der Waals surface area contributed by atoms with Crippen LogP contribution in [0.1, 0.15) is 33.6 Å². The van der Waals surface area contributed by atoms with Crippen molar-refractivity contribution in [3.05, 3.63) is 0 Å². The van der Waals surface area contributed by atoms with Crippen molar-refractivity contribution in [1.29, 1.82) is 0 Å². The summed E-state index contributed by atoms with van der Waals surface area (Å²) in [6.45, 7) is 5.17. The molecule has 0 aromatic carbocycles. The van der Waals surface area contributed by atoms with Crippen LogP contribution in [0.4, 0.5) is 0 Å². The van der Waals surface area contributed by atoms with Gasteiger partial charge in [-0.25, -0.2) is 0 Å². The molecular weight excluding hydrogens is 194 g/mol. The molecule has 0 aromatic rings. The molecule has 0 aliphatic carbocycles. The van der Waals surface area contributed by atoms with E-state index in [0.717, 1.165) is 0 Å². The molecule has 84 valence electrons. The first-order chi connectivity index (χ1) is 6.76. The standard InChI is InChI=1S/C11H17NO3/c1-5-8(2)12-9(13)6-11(3,4)7-10(14)15/h1,8H,6-7H2,2-4H3,(H,12,13)(H,14,15). The van der Waals surface area contributed by atoms with Crippen molar-refractivity contribution < 1.29 is 14.7 Å². The molecule has 0 saturated carbocycles. The fourth-order valence-electron chi connectivity index (χ4n) is 1.24. The number of hydrogen-bond donors (Lipinski definition) is 2. The summed E-state index contributed by atoms with van der Waals surface area (Å²) in [6, 6.07) is -0.321. The molecule has 0 rings (SSSR count). The molecule has 1 amide bonds. The summed E-state index contributed by atoms with van der Waals surface area (Å²) in [5.74, 6) is 1.25. The molecule has 2 N–H and O–H groups in total. The molecule has 1 atom stereocenters. The van der Waals surface area contributed by atoms with Crippen molar-refractivity contribution in [2.75, 3.05) is 0 Å². The Labute approximate surface area is 90.1 Å². The first-order valence-corrected chi connectivity index (χ1v) is 4.74. The molecule has 0 heterocycles. The van der Waals surface area contributed by atoms with Crippen LogP contribution < -0.4 is 5.32 Å². The van der Waals surface area contributed by atoms with E-state index in [1.165, 1.54) is 0 Å². The van der Waals surface area contributed by atoms with Gasteiger partial charge in [-0.2, -0.15) is 0 Å². The monoisotopic (exact) mass is 211 g/mol. The molecule has 15 heavy (non-hydrogen) atoms. The minimum Gasteiger partial charge on any atom is -0.481 e. The van der Waals surface area contributed by atoms with Gasteiger partial charge in [-0.15, -0.1) is 6.42 Å². The summed E-state index contributed by atoms with van der Waals surface area (Å²) in [6.07, 6.45) is 5.23. The molecule has 0 fully saturated rings. The van der Waals surface area contributed by atoms with Gasteiger partial charge < -0.3 is 10.4 Å². The van der Waals surface area contributed by atoms with Gasteiger partial charge in [0.15, 0.2) is 0 Å². The Hall–Kier alpha value is -1.50. The highest BCUT2D eigenvalue weighted by Gasteiger charge is 2.25. The quantitative estimate of drug-likeness (QED) is 0.667. The molecule has 0 radical (unpaired) electrons. The number of amides is 1. The molecule has 0 aliphatic rings. The number of carboxylic acid groups (broad SMARTS) is 1. The van der Waals surface area contributed by atoms with E-state index >= 15 is 0 Å². The number of terminal acetylenes is 1. The third-order valence-electron chi connectivity index (χ3n) is 1.90. The number of nitrogens with one attached hydrogen (secondary N) is 1. The number of rotatable bonds is 5. The Balaban J connectivity index is 4.17. The van der Waals surface area contributed by atoms with E-state index < -0.39 is 11.4 Å². The lowest BCUT2D eigenvalue weighted by atomic mass is 9.85. The van der Waals surface area contributed by atoms with Gasteiger partial charge >= 0.3 is 5.97 Å². The third kappa shape index (κ3) is 6.55.